The van der Waals surface area contributed by atoms with Gasteiger partial charge in [-0.05, 0) is 0 Å². The number of alkyl halides is 1. The van der Waals surface area contributed by atoms with Crippen LogP contribution < -0.4 is 10.9 Å². The number of hydrazine groups is 1. The van der Waals surface area contributed by atoms with Crippen molar-refractivity contribution in [2.24, 2.45) is 0 Å². The first-order valence-corrected chi connectivity index (χ1v) is 3.39. The van der Waals surface area contributed by atoms with Gasteiger partial charge < -0.3 is 4.74 Å². The molecule has 10 heavy (non-hydrogen) atoms. The molecule has 0 aromatic rings. The number of halogens is 1. The quantitative estimate of drug-likeness (QED) is 0.501. The normalized spacial score (nSPS) is 33.6. The number of carbonyl (C=O) groups excluding carboxylic acids is 1. The van der Waals surface area contributed by atoms with E-state index in [0.29, 0.717) is 6.54 Å². The highest BCUT2D eigenvalue weighted by Gasteiger charge is 2.29. The van der Waals surface area contributed by atoms with Crippen LogP contribution in [0.25, 0.3) is 0 Å². The molecule has 0 aromatic heterocycles. The molecule has 1 aliphatic rings. The van der Waals surface area contributed by atoms with E-state index < -0.39 is 5.38 Å². The zero-order valence-electron chi connectivity index (χ0n) is 5.56. The summed E-state index contributed by atoms with van der Waals surface area (Å²) < 4.78 is 4.92. The Bertz CT molecular complexity index is 142. The predicted octanol–water partition coefficient (Wildman–Crippen LogP) is -0.757. The summed E-state index contributed by atoms with van der Waals surface area (Å²) in [5.74, 6) is -0.236. The van der Waals surface area contributed by atoms with Crippen LogP contribution in [0.4, 0.5) is 0 Å². The summed E-state index contributed by atoms with van der Waals surface area (Å²) >= 11 is 5.66. The molecule has 58 valence electrons. The maximum atomic E-state index is 10.8. The fourth-order valence-electron chi connectivity index (χ4n) is 0.783. The number of rotatable bonds is 1. The van der Waals surface area contributed by atoms with Gasteiger partial charge in [0.15, 0.2) is 0 Å². The van der Waals surface area contributed by atoms with Crippen LogP contribution >= 0.6 is 11.6 Å². The standard InChI is InChI=1S/C5H9ClN2O2/c1-10-3-2-7-8-5(9)4(3)6/h3-4,7H,2H2,1H3,(H,8,9). The molecule has 0 radical (unpaired) electrons. The first-order valence-electron chi connectivity index (χ1n) is 2.95. The summed E-state index contributed by atoms with van der Waals surface area (Å²) in [6.07, 6.45) is -0.226. The van der Waals surface area contributed by atoms with Crippen LogP contribution in [0, 0.1) is 0 Å². The zero-order chi connectivity index (χ0) is 7.56. The first-order chi connectivity index (χ1) is 4.75. The predicted molar refractivity (Wildman–Crippen MR) is 36.6 cm³/mol. The second-order valence-corrected chi connectivity index (χ2v) is 2.52. The molecule has 1 heterocycles. The van der Waals surface area contributed by atoms with E-state index in [1.165, 1.54) is 7.11 Å². The van der Waals surface area contributed by atoms with Crippen molar-refractivity contribution >= 4 is 17.5 Å². The number of methoxy groups -OCH3 is 1. The molecule has 1 amide bonds. The molecule has 2 unspecified atom stereocenters. The van der Waals surface area contributed by atoms with Crippen LogP contribution in [0.15, 0.2) is 0 Å². The van der Waals surface area contributed by atoms with Gasteiger partial charge in [-0.25, -0.2) is 5.43 Å². The minimum Gasteiger partial charge on any atom is -0.378 e. The number of hydrogen-bond acceptors (Lipinski definition) is 3. The molecule has 0 aliphatic carbocycles. The van der Waals surface area contributed by atoms with Gasteiger partial charge in [0, 0.05) is 13.7 Å². The van der Waals surface area contributed by atoms with Crippen molar-refractivity contribution in [3.05, 3.63) is 0 Å². The van der Waals surface area contributed by atoms with Crippen LogP contribution in [0.1, 0.15) is 0 Å². The molecule has 5 heteroatoms. The Morgan fingerprint density at radius 1 is 1.80 bits per heavy atom. The highest BCUT2D eigenvalue weighted by atomic mass is 35.5. The third-order valence-electron chi connectivity index (χ3n) is 1.39. The van der Waals surface area contributed by atoms with Gasteiger partial charge in [-0.2, -0.15) is 0 Å². The summed E-state index contributed by atoms with van der Waals surface area (Å²) in [6, 6.07) is 0. The Balaban J connectivity index is 2.51. The summed E-state index contributed by atoms with van der Waals surface area (Å²) in [5.41, 5.74) is 5.05. The number of carbonyl (C=O) groups is 1. The lowest BCUT2D eigenvalue weighted by Crippen LogP contribution is -2.56. The van der Waals surface area contributed by atoms with Crippen molar-refractivity contribution in [2.45, 2.75) is 11.5 Å². The minimum atomic E-state index is -0.578. The highest BCUT2D eigenvalue weighted by molar-refractivity contribution is 6.31. The minimum absolute atomic E-state index is 0.226. The van der Waals surface area contributed by atoms with Crippen LogP contribution in [0.5, 0.6) is 0 Å². The summed E-state index contributed by atoms with van der Waals surface area (Å²) in [4.78, 5) is 10.8. The Morgan fingerprint density at radius 3 is 3.00 bits per heavy atom. The molecular formula is C5H9ClN2O2. The van der Waals surface area contributed by atoms with Crippen molar-refractivity contribution in [2.75, 3.05) is 13.7 Å². The lowest BCUT2D eigenvalue weighted by Gasteiger charge is -2.25. The average molecular weight is 165 g/mol. The maximum absolute atomic E-state index is 10.8. The Hall–Kier alpha value is -0.320. The molecule has 1 saturated heterocycles. The summed E-state index contributed by atoms with van der Waals surface area (Å²) in [6.45, 7) is 0.552. The van der Waals surface area contributed by atoms with Crippen LogP contribution in [0.3, 0.4) is 0 Å². The van der Waals surface area contributed by atoms with Gasteiger partial charge in [0.1, 0.15) is 5.38 Å². The number of ether oxygens (including phenoxy) is 1. The average Bonchev–Trinajstić information content (AvgIpc) is 1.95. The van der Waals surface area contributed by atoms with Crippen molar-refractivity contribution in [1.29, 1.82) is 0 Å². The molecule has 0 saturated carbocycles. The third-order valence-corrected chi connectivity index (χ3v) is 1.87. The second kappa shape index (κ2) is 3.18. The van der Waals surface area contributed by atoms with E-state index in [1.807, 2.05) is 0 Å². The van der Waals surface area contributed by atoms with Crippen LogP contribution in [0.2, 0.25) is 0 Å². The van der Waals surface area contributed by atoms with Crippen molar-refractivity contribution in [1.82, 2.24) is 10.9 Å². The van der Waals surface area contributed by atoms with E-state index in [-0.39, 0.29) is 12.0 Å². The summed E-state index contributed by atoms with van der Waals surface area (Å²) in [7, 11) is 1.53. The zero-order valence-corrected chi connectivity index (χ0v) is 6.31. The van der Waals surface area contributed by atoms with E-state index in [4.69, 9.17) is 16.3 Å². The smallest absolute Gasteiger partial charge is 0.254 e. The number of amides is 1. The molecule has 0 bridgehead atoms. The lowest BCUT2D eigenvalue weighted by atomic mass is 10.2. The topological polar surface area (TPSA) is 50.4 Å². The molecule has 2 atom stereocenters. The molecule has 0 spiro atoms. The maximum Gasteiger partial charge on any atom is 0.254 e. The summed E-state index contributed by atoms with van der Waals surface area (Å²) in [5, 5.41) is -0.578. The highest BCUT2D eigenvalue weighted by Crippen LogP contribution is 2.07. The Labute approximate surface area is 63.8 Å². The molecule has 2 N–H and O–H groups in total. The van der Waals surface area contributed by atoms with E-state index in [1.54, 1.807) is 0 Å². The third kappa shape index (κ3) is 1.39. The van der Waals surface area contributed by atoms with Crippen molar-refractivity contribution < 1.29 is 9.53 Å². The molecule has 1 fully saturated rings. The fraction of sp³-hybridized carbons (Fsp3) is 0.800. The van der Waals surface area contributed by atoms with Crippen molar-refractivity contribution in [3.8, 4) is 0 Å². The first kappa shape index (κ1) is 7.78. The van der Waals surface area contributed by atoms with Crippen LogP contribution in [-0.4, -0.2) is 31.0 Å². The lowest BCUT2D eigenvalue weighted by molar-refractivity contribution is -0.126. The SMILES string of the molecule is COC1CNNC(=O)C1Cl. The molecule has 0 aromatic carbocycles. The fourth-order valence-corrected chi connectivity index (χ4v) is 1.03. The van der Waals surface area contributed by atoms with Gasteiger partial charge >= 0.3 is 0 Å². The molecule has 1 aliphatic heterocycles. The van der Waals surface area contributed by atoms with Crippen molar-refractivity contribution in [3.63, 3.8) is 0 Å². The van der Waals surface area contributed by atoms with Gasteiger partial charge in [0.05, 0.1) is 6.10 Å². The molecule has 4 nitrogen and oxygen atoms in total. The number of hydrogen-bond donors (Lipinski definition) is 2. The van der Waals surface area contributed by atoms with Crippen LogP contribution in [-0.2, 0) is 9.53 Å². The number of nitrogens with one attached hydrogen (secondary N) is 2. The van der Waals surface area contributed by atoms with Gasteiger partial charge in [-0.3, -0.25) is 10.2 Å². The van der Waals surface area contributed by atoms with E-state index in [0.717, 1.165) is 0 Å². The van der Waals surface area contributed by atoms with E-state index in [9.17, 15) is 4.79 Å². The second-order valence-electron chi connectivity index (χ2n) is 2.05. The Morgan fingerprint density at radius 2 is 2.50 bits per heavy atom. The van der Waals surface area contributed by atoms with E-state index in [2.05, 4.69) is 10.9 Å². The monoisotopic (exact) mass is 164 g/mol. The largest absolute Gasteiger partial charge is 0.378 e. The van der Waals surface area contributed by atoms with Gasteiger partial charge in [0.2, 0.25) is 0 Å². The molecule has 1 rings (SSSR count). The van der Waals surface area contributed by atoms with Gasteiger partial charge in [-0.1, -0.05) is 0 Å². The van der Waals surface area contributed by atoms with E-state index >= 15 is 0 Å². The van der Waals surface area contributed by atoms with Gasteiger partial charge in [0.25, 0.3) is 5.91 Å². The Kier molecular flexibility index (Phi) is 2.48. The van der Waals surface area contributed by atoms with Gasteiger partial charge in [-0.15, -0.1) is 11.6 Å². The molecular weight excluding hydrogens is 156 g/mol.